The van der Waals surface area contributed by atoms with Gasteiger partial charge in [-0.2, -0.15) is 0 Å². The smallest absolute Gasteiger partial charge is 0.258 e. The van der Waals surface area contributed by atoms with Crippen LogP contribution in [0.1, 0.15) is 29.7 Å². The Hall–Kier alpha value is -2.69. The number of rotatable bonds is 7. The minimum atomic E-state index is -0.179. The van der Waals surface area contributed by atoms with E-state index in [-0.39, 0.29) is 18.6 Å². The lowest BCUT2D eigenvalue weighted by atomic mass is 10.1. The Bertz CT molecular complexity index is 722. The van der Waals surface area contributed by atoms with Gasteiger partial charge < -0.3 is 19.5 Å². The number of benzene rings is 2. The van der Waals surface area contributed by atoms with Crippen molar-refractivity contribution in [3.63, 3.8) is 0 Å². The summed E-state index contributed by atoms with van der Waals surface area (Å²) in [5.74, 6) is 1.81. The van der Waals surface area contributed by atoms with Crippen LogP contribution in [-0.2, 0) is 4.79 Å². The van der Waals surface area contributed by atoms with E-state index in [9.17, 15) is 4.79 Å². The van der Waals surface area contributed by atoms with E-state index in [0.29, 0.717) is 17.2 Å². The molecule has 1 amide bonds. The molecule has 2 aromatic rings. The molecule has 1 atom stereocenters. The monoisotopic (exact) mass is 343 g/mol. The van der Waals surface area contributed by atoms with Crippen LogP contribution in [0, 0.1) is 13.8 Å². The first kappa shape index (κ1) is 18.6. The molecular formula is C20H25NO4. The Morgan fingerprint density at radius 2 is 1.64 bits per heavy atom. The van der Waals surface area contributed by atoms with Crippen molar-refractivity contribution < 1.29 is 19.0 Å². The summed E-state index contributed by atoms with van der Waals surface area (Å²) in [6.45, 7) is 5.88. The van der Waals surface area contributed by atoms with Crippen LogP contribution in [-0.4, -0.2) is 26.7 Å². The van der Waals surface area contributed by atoms with Crippen molar-refractivity contribution in [1.29, 1.82) is 0 Å². The zero-order valence-corrected chi connectivity index (χ0v) is 15.4. The fourth-order valence-corrected chi connectivity index (χ4v) is 2.65. The fourth-order valence-electron chi connectivity index (χ4n) is 2.65. The molecule has 0 saturated carbocycles. The Labute approximate surface area is 148 Å². The molecule has 0 aliphatic rings. The molecule has 0 aromatic heterocycles. The average molecular weight is 343 g/mol. The molecule has 5 heteroatoms. The van der Waals surface area contributed by atoms with E-state index in [1.807, 2.05) is 51.1 Å². The van der Waals surface area contributed by atoms with Gasteiger partial charge in [-0.1, -0.05) is 12.1 Å². The van der Waals surface area contributed by atoms with Crippen LogP contribution in [0.15, 0.2) is 36.4 Å². The van der Waals surface area contributed by atoms with E-state index in [2.05, 4.69) is 11.4 Å². The van der Waals surface area contributed by atoms with E-state index in [1.54, 1.807) is 14.2 Å². The molecule has 0 fully saturated rings. The van der Waals surface area contributed by atoms with Gasteiger partial charge in [0.1, 0.15) is 5.75 Å². The second-order valence-corrected chi connectivity index (χ2v) is 6.02. The zero-order valence-electron chi connectivity index (χ0n) is 15.4. The Kier molecular flexibility index (Phi) is 6.28. The first-order valence-corrected chi connectivity index (χ1v) is 8.15. The third-order valence-electron chi connectivity index (χ3n) is 3.85. The molecule has 2 rings (SSSR count). The first-order valence-electron chi connectivity index (χ1n) is 8.15. The van der Waals surface area contributed by atoms with Crippen LogP contribution in [0.2, 0.25) is 0 Å². The summed E-state index contributed by atoms with van der Waals surface area (Å²) < 4.78 is 16.1. The Morgan fingerprint density at radius 3 is 2.24 bits per heavy atom. The molecule has 2 aromatic carbocycles. The van der Waals surface area contributed by atoms with Gasteiger partial charge in [-0.25, -0.2) is 0 Å². The van der Waals surface area contributed by atoms with Crippen LogP contribution in [0.5, 0.6) is 17.2 Å². The standard InChI is InChI=1S/C20H25NO4/c1-13-8-14(2)10-17(9-13)25-12-20(22)21-15(3)16-6-7-18(23-4)19(11-16)24-5/h6-11,15H,12H2,1-5H3,(H,21,22)/t15-/m0/s1. The van der Waals surface area contributed by atoms with Crippen LogP contribution < -0.4 is 19.5 Å². The number of hydrogen-bond donors (Lipinski definition) is 1. The second kappa shape index (κ2) is 8.42. The summed E-state index contributed by atoms with van der Waals surface area (Å²) in [5.41, 5.74) is 3.14. The van der Waals surface area contributed by atoms with E-state index in [4.69, 9.17) is 14.2 Å². The minimum absolute atomic E-state index is 0.0273. The van der Waals surface area contributed by atoms with E-state index < -0.39 is 0 Å². The molecule has 0 aliphatic heterocycles. The normalized spacial score (nSPS) is 11.6. The highest BCUT2D eigenvalue weighted by molar-refractivity contribution is 5.78. The summed E-state index contributed by atoms with van der Waals surface area (Å²) in [4.78, 5) is 12.2. The third-order valence-corrected chi connectivity index (χ3v) is 3.85. The van der Waals surface area contributed by atoms with Crippen LogP contribution in [0.25, 0.3) is 0 Å². The number of amides is 1. The van der Waals surface area contributed by atoms with Crippen LogP contribution in [0.4, 0.5) is 0 Å². The van der Waals surface area contributed by atoms with Gasteiger partial charge in [0, 0.05) is 0 Å². The summed E-state index contributed by atoms with van der Waals surface area (Å²) in [6, 6.07) is 11.3. The first-order chi connectivity index (χ1) is 11.9. The van der Waals surface area contributed by atoms with Crippen molar-refractivity contribution in [3.8, 4) is 17.2 Å². The number of methoxy groups -OCH3 is 2. The third kappa shape index (κ3) is 5.14. The molecule has 0 spiro atoms. The van der Waals surface area contributed by atoms with Gasteiger partial charge in [0.15, 0.2) is 18.1 Å². The number of carbonyl (C=O) groups is 1. The Balaban J connectivity index is 1.95. The summed E-state index contributed by atoms with van der Waals surface area (Å²) >= 11 is 0. The van der Waals surface area contributed by atoms with Crippen molar-refractivity contribution in [2.75, 3.05) is 20.8 Å². The lowest BCUT2D eigenvalue weighted by Crippen LogP contribution is -2.31. The molecule has 5 nitrogen and oxygen atoms in total. The number of ether oxygens (including phenoxy) is 3. The highest BCUT2D eigenvalue weighted by Crippen LogP contribution is 2.29. The van der Waals surface area contributed by atoms with Crippen molar-refractivity contribution in [3.05, 3.63) is 53.1 Å². The predicted molar refractivity (Wildman–Crippen MR) is 97.5 cm³/mol. The van der Waals surface area contributed by atoms with Gasteiger partial charge in [0.2, 0.25) is 0 Å². The minimum Gasteiger partial charge on any atom is -0.493 e. The molecule has 0 heterocycles. The molecular weight excluding hydrogens is 318 g/mol. The van der Waals surface area contributed by atoms with Gasteiger partial charge in [0.25, 0.3) is 5.91 Å². The number of nitrogens with one attached hydrogen (secondary N) is 1. The number of aryl methyl sites for hydroxylation is 2. The van der Waals surface area contributed by atoms with Crippen molar-refractivity contribution in [1.82, 2.24) is 5.32 Å². The maximum absolute atomic E-state index is 12.2. The topological polar surface area (TPSA) is 56.8 Å². The lowest BCUT2D eigenvalue weighted by molar-refractivity contribution is -0.123. The molecule has 25 heavy (non-hydrogen) atoms. The van der Waals surface area contributed by atoms with E-state index in [1.165, 1.54) is 0 Å². The second-order valence-electron chi connectivity index (χ2n) is 6.02. The van der Waals surface area contributed by atoms with Gasteiger partial charge >= 0.3 is 0 Å². The molecule has 0 aliphatic carbocycles. The summed E-state index contributed by atoms with van der Waals surface area (Å²) in [5, 5.41) is 2.92. The van der Waals surface area contributed by atoms with Gasteiger partial charge in [-0.05, 0) is 61.7 Å². The van der Waals surface area contributed by atoms with Gasteiger partial charge in [-0.15, -0.1) is 0 Å². The van der Waals surface area contributed by atoms with Crippen molar-refractivity contribution in [2.45, 2.75) is 26.8 Å². The average Bonchev–Trinajstić information content (AvgIpc) is 2.58. The van der Waals surface area contributed by atoms with Crippen LogP contribution >= 0.6 is 0 Å². The maximum Gasteiger partial charge on any atom is 0.258 e. The summed E-state index contributed by atoms with van der Waals surface area (Å²) in [6.07, 6.45) is 0. The van der Waals surface area contributed by atoms with Gasteiger partial charge in [0.05, 0.1) is 20.3 Å². The largest absolute Gasteiger partial charge is 0.493 e. The number of hydrogen-bond acceptors (Lipinski definition) is 4. The van der Waals surface area contributed by atoms with Crippen molar-refractivity contribution in [2.24, 2.45) is 0 Å². The van der Waals surface area contributed by atoms with Gasteiger partial charge in [-0.3, -0.25) is 4.79 Å². The molecule has 134 valence electrons. The molecule has 0 unspecified atom stereocenters. The van der Waals surface area contributed by atoms with E-state index >= 15 is 0 Å². The molecule has 0 saturated heterocycles. The summed E-state index contributed by atoms with van der Waals surface area (Å²) in [7, 11) is 3.18. The lowest BCUT2D eigenvalue weighted by Gasteiger charge is -2.17. The highest BCUT2D eigenvalue weighted by atomic mass is 16.5. The van der Waals surface area contributed by atoms with E-state index in [0.717, 1.165) is 16.7 Å². The SMILES string of the molecule is COc1ccc([C@H](C)NC(=O)COc2cc(C)cc(C)c2)cc1OC. The highest BCUT2D eigenvalue weighted by Gasteiger charge is 2.13. The van der Waals surface area contributed by atoms with Crippen LogP contribution in [0.3, 0.4) is 0 Å². The maximum atomic E-state index is 12.2. The Morgan fingerprint density at radius 1 is 1.00 bits per heavy atom. The molecule has 1 N–H and O–H groups in total. The fraction of sp³-hybridized carbons (Fsp3) is 0.350. The number of carbonyl (C=O) groups excluding carboxylic acids is 1. The quantitative estimate of drug-likeness (QED) is 0.835. The van der Waals surface area contributed by atoms with Crippen molar-refractivity contribution >= 4 is 5.91 Å². The zero-order chi connectivity index (χ0) is 18.4. The predicted octanol–water partition coefficient (Wildman–Crippen LogP) is 3.58. The molecule has 0 radical (unpaired) electrons. The molecule has 0 bridgehead atoms.